The van der Waals surface area contributed by atoms with Crippen LogP contribution in [0.25, 0.3) is 0 Å². The Morgan fingerprint density at radius 1 is 1.50 bits per heavy atom. The lowest BCUT2D eigenvalue weighted by Crippen LogP contribution is -2.27. The number of halogens is 1. The van der Waals surface area contributed by atoms with Crippen molar-refractivity contribution in [1.82, 2.24) is 5.32 Å². The van der Waals surface area contributed by atoms with Crippen LogP contribution in [0.1, 0.15) is 25.3 Å². The largest absolute Gasteiger partial charge is 0.497 e. The minimum atomic E-state index is 0.623. The summed E-state index contributed by atoms with van der Waals surface area (Å²) in [5, 5.41) is 3.57. The van der Waals surface area contributed by atoms with Crippen LogP contribution in [0.2, 0.25) is 0 Å². The van der Waals surface area contributed by atoms with Gasteiger partial charge < -0.3 is 10.1 Å². The SMILES string of the molecule is COc1ccc(Br)c(CNC(C)C2CC2)c1. The van der Waals surface area contributed by atoms with Crippen LogP contribution in [-0.2, 0) is 6.54 Å². The van der Waals surface area contributed by atoms with Crippen molar-refractivity contribution in [2.75, 3.05) is 7.11 Å². The molecule has 1 atom stereocenters. The van der Waals surface area contributed by atoms with Crippen molar-refractivity contribution < 1.29 is 4.74 Å². The molecule has 1 aromatic carbocycles. The normalized spacial score (nSPS) is 17.2. The second kappa shape index (κ2) is 5.19. The number of hydrogen-bond donors (Lipinski definition) is 1. The van der Waals surface area contributed by atoms with Gasteiger partial charge in [-0.25, -0.2) is 0 Å². The van der Waals surface area contributed by atoms with E-state index in [2.05, 4.69) is 34.2 Å². The summed E-state index contributed by atoms with van der Waals surface area (Å²) < 4.78 is 6.37. The monoisotopic (exact) mass is 283 g/mol. The molecule has 3 heteroatoms. The lowest BCUT2D eigenvalue weighted by molar-refractivity contribution is 0.413. The first kappa shape index (κ1) is 11.9. The van der Waals surface area contributed by atoms with Gasteiger partial charge in [0.25, 0.3) is 0 Å². The number of rotatable bonds is 5. The van der Waals surface area contributed by atoms with Crippen LogP contribution in [-0.4, -0.2) is 13.2 Å². The molecule has 0 saturated heterocycles. The molecular formula is C13H18BrNO. The van der Waals surface area contributed by atoms with Gasteiger partial charge in [-0.1, -0.05) is 15.9 Å². The predicted molar refractivity (Wildman–Crippen MR) is 69.7 cm³/mol. The van der Waals surface area contributed by atoms with Crippen molar-refractivity contribution in [2.45, 2.75) is 32.4 Å². The number of ether oxygens (including phenoxy) is 1. The minimum absolute atomic E-state index is 0.623. The topological polar surface area (TPSA) is 21.3 Å². The second-order valence-corrected chi connectivity index (χ2v) is 5.32. The van der Waals surface area contributed by atoms with Gasteiger partial charge in [0, 0.05) is 17.1 Å². The molecule has 0 amide bonds. The van der Waals surface area contributed by atoms with Crippen LogP contribution in [0.3, 0.4) is 0 Å². The summed E-state index contributed by atoms with van der Waals surface area (Å²) in [6, 6.07) is 6.71. The lowest BCUT2D eigenvalue weighted by atomic mass is 10.1. The Morgan fingerprint density at radius 2 is 2.25 bits per heavy atom. The van der Waals surface area contributed by atoms with E-state index in [0.29, 0.717) is 6.04 Å². The molecule has 0 aliphatic heterocycles. The highest BCUT2D eigenvalue weighted by molar-refractivity contribution is 9.10. The summed E-state index contributed by atoms with van der Waals surface area (Å²) in [4.78, 5) is 0. The van der Waals surface area contributed by atoms with E-state index in [1.165, 1.54) is 18.4 Å². The highest BCUT2D eigenvalue weighted by Gasteiger charge is 2.27. The van der Waals surface area contributed by atoms with Crippen LogP contribution in [0.15, 0.2) is 22.7 Å². The van der Waals surface area contributed by atoms with Crippen LogP contribution in [0.5, 0.6) is 5.75 Å². The van der Waals surface area contributed by atoms with E-state index >= 15 is 0 Å². The zero-order valence-electron chi connectivity index (χ0n) is 9.79. The maximum absolute atomic E-state index is 5.23. The summed E-state index contributed by atoms with van der Waals surface area (Å²) in [5.41, 5.74) is 1.26. The minimum Gasteiger partial charge on any atom is -0.497 e. The average Bonchev–Trinajstić information content (AvgIpc) is 3.11. The Bertz CT molecular complexity index is 363. The molecule has 1 N–H and O–H groups in total. The van der Waals surface area contributed by atoms with Crippen molar-refractivity contribution >= 4 is 15.9 Å². The third-order valence-electron chi connectivity index (χ3n) is 3.20. The summed E-state index contributed by atoms with van der Waals surface area (Å²) in [5.74, 6) is 1.81. The van der Waals surface area contributed by atoms with Crippen LogP contribution < -0.4 is 10.1 Å². The highest BCUT2D eigenvalue weighted by atomic mass is 79.9. The summed E-state index contributed by atoms with van der Waals surface area (Å²) >= 11 is 3.57. The number of hydrogen-bond acceptors (Lipinski definition) is 2. The second-order valence-electron chi connectivity index (χ2n) is 4.46. The number of methoxy groups -OCH3 is 1. The van der Waals surface area contributed by atoms with Crippen molar-refractivity contribution in [2.24, 2.45) is 5.92 Å². The first-order valence-electron chi connectivity index (χ1n) is 5.76. The van der Waals surface area contributed by atoms with Crippen LogP contribution >= 0.6 is 15.9 Å². The Kier molecular flexibility index (Phi) is 3.87. The molecule has 1 saturated carbocycles. The van der Waals surface area contributed by atoms with Gasteiger partial charge in [-0.2, -0.15) is 0 Å². The molecule has 1 fully saturated rings. The van der Waals surface area contributed by atoms with Gasteiger partial charge in [0.1, 0.15) is 5.75 Å². The Labute approximate surface area is 106 Å². The molecular weight excluding hydrogens is 266 g/mol. The fourth-order valence-corrected chi connectivity index (χ4v) is 2.23. The summed E-state index contributed by atoms with van der Waals surface area (Å²) in [6.45, 7) is 3.17. The van der Waals surface area contributed by atoms with Gasteiger partial charge in [-0.15, -0.1) is 0 Å². The van der Waals surface area contributed by atoms with E-state index in [4.69, 9.17) is 4.74 Å². The molecule has 16 heavy (non-hydrogen) atoms. The van der Waals surface area contributed by atoms with Gasteiger partial charge in [0.05, 0.1) is 7.11 Å². The molecule has 88 valence electrons. The molecule has 1 aliphatic rings. The van der Waals surface area contributed by atoms with E-state index in [9.17, 15) is 0 Å². The maximum Gasteiger partial charge on any atom is 0.119 e. The fourth-order valence-electron chi connectivity index (χ4n) is 1.85. The van der Waals surface area contributed by atoms with E-state index in [1.54, 1.807) is 7.11 Å². The lowest BCUT2D eigenvalue weighted by Gasteiger charge is -2.14. The van der Waals surface area contributed by atoms with Crippen LogP contribution in [0.4, 0.5) is 0 Å². The fraction of sp³-hybridized carbons (Fsp3) is 0.538. The summed E-state index contributed by atoms with van der Waals surface area (Å²) in [7, 11) is 1.70. The van der Waals surface area contributed by atoms with E-state index < -0.39 is 0 Å². The molecule has 2 nitrogen and oxygen atoms in total. The van der Waals surface area contributed by atoms with E-state index in [1.807, 2.05) is 12.1 Å². The Hall–Kier alpha value is -0.540. The quantitative estimate of drug-likeness (QED) is 0.895. The summed E-state index contributed by atoms with van der Waals surface area (Å²) in [6.07, 6.45) is 2.76. The molecule has 2 rings (SSSR count). The maximum atomic E-state index is 5.23. The Balaban J connectivity index is 1.96. The molecule has 1 unspecified atom stereocenters. The van der Waals surface area contributed by atoms with Crippen LogP contribution in [0, 0.1) is 5.92 Å². The van der Waals surface area contributed by atoms with Gasteiger partial charge >= 0.3 is 0 Å². The van der Waals surface area contributed by atoms with Gasteiger partial charge in [0.15, 0.2) is 0 Å². The zero-order valence-corrected chi connectivity index (χ0v) is 11.4. The average molecular weight is 284 g/mol. The molecule has 0 heterocycles. The third kappa shape index (κ3) is 2.98. The van der Waals surface area contributed by atoms with Crippen molar-refractivity contribution in [3.05, 3.63) is 28.2 Å². The number of nitrogens with one attached hydrogen (secondary N) is 1. The van der Waals surface area contributed by atoms with E-state index in [-0.39, 0.29) is 0 Å². The molecule has 0 spiro atoms. The predicted octanol–water partition coefficient (Wildman–Crippen LogP) is 3.35. The number of benzene rings is 1. The van der Waals surface area contributed by atoms with Gasteiger partial charge in [0.2, 0.25) is 0 Å². The van der Waals surface area contributed by atoms with E-state index in [0.717, 1.165) is 22.7 Å². The molecule has 1 aliphatic carbocycles. The van der Waals surface area contributed by atoms with Gasteiger partial charge in [-0.05, 0) is 49.4 Å². The smallest absolute Gasteiger partial charge is 0.119 e. The molecule has 1 aromatic rings. The zero-order chi connectivity index (χ0) is 11.5. The van der Waals surface area contributed by atoms with Gasteiger partial charge in [-0.3, -0.25) is 0 Å². The first-order valence-corrected chi connectivity index (χ1v) is 6.56. The Morgan fingerprint density at radius 3 is 2.88 bits per heavy atom. The molecule has 0 aromatic heterocycles. The standard InChI is InChI=1S/C13H18BrNO/c1-9(10-3-4-10)15-8-11-7-12(16-2)5-6-13(11)14/h5-7,9-10,15H,3-4,8H2,1-2H3. The third-order valence-corrected chi connectivity index (χ3v) is 3.97. The first-order chi connectivity index (χ1) is 7.70. The highest BCUT2D eigenvalue weighted by Crippen LogP contribution is 2.32. The van der Waals surface area contributed by atoms with Crippen molar-refractivity contribution in [1.29, 1.82) is 0 Å². The van der Waals surface area contributed by atoms with Crippen molar-refractivity contribution in [3.63, 3.8) is 0 Å². The van der Waals surface area contributed by atoms with Crippen molar-refractivity contribution in [3.8, 4) is 5.75 Å². The molecule has 0 bridgehead atoms. The molecule has 0 radical (unpaired) electrons.